The molecule has 2 nitrogen and oxygen atoms in total. The molecule has 0 spiro atoms. The zero-order chi connectivity index (χ0) is 10.4. The lowest BCUT2D eigenvalue weighted by atomic mass is 10.2. The van der Waals surface area contributed by atoms with Gasteiger partial charge in [-0.25, -0.2) is 0 Å². The Morgan fingerprint density at radius 3 is 2.86 bits per heavy atom. The Bertz CT molecular complexity index is 260. The highest BCUT2D eigenvalue weighted by Crippen LogP contribution is 2.13. The minimum atomic E-state index is 0.522. The Morgan fingerprint density at radius 1 is 1.50 bits per heavy atom. The van der Waals surface area contributed by atoms with E-state index < -0.39 is 0 Å². The van der Waals surface area contributed by atoms with Crippen molar-refractivity contribution in [2.24, 2.45) is 0 Å². The fraction of sp³-hybridized carbons (Fsp3) is 0.636. The van der Waals surface area contributed by atoms with Crippen LogP contribution in [0.5, 0.6) is 0 Å². The molecular formula is C11H19NOS. The van der Waals surface area contributed by atoms with Crippen LogP contribution in [0.4, 0.5) is 0 Å². The van der Waals surface area contributed by atoms with Gasteiger partial charge < -0.3 is 10.1 Å². The highest BCUT2D eigenvalue weighted by molar-refractivity contribution is 7.08. The quantitative estimate of drug-likeness (QED) is 0.784. The molecule has 1 unspecified atom stereocenters. The summed E-state index contributed by atoms with van der Waals surface area (Å²) in [4.78, 5) is 0. The molecule has 0 aliphatic rings. The lowest BCUT2D eigenvalue weighted by molar-refractivity contribution is 0.184. The highest BCUT2D eigenvalue weighted by atomic mass is 32.1. The third kappa shape index (κ3) is 3.78. The predicted octanol–water partition coefficient (Wildman–Crippen LogP) is 2.57. The summed E-state index contributed by atoms with van der Waals surface area (Å²) in [7, 11) is 1.75. The third-order valence-corrected chi connectivity index (χ3v) is 3.27. The molecule has 1 N–H and O–H groups in total. The minimum absolute atomic E-state index is 0.522. The number of rotatable bonds is 6. The molecule has 1 rings (SSSR count). The van der Waals surface area contributed by atoms with Crippen molar-refractivity contribution in [3.63, 3.8) is 0 Å². The van der Waals surface area contributed by atoms with Gasteiger partial charge in [-0.1, -0.05) is 0 Å². The largest absolute Gasteiger partial charge is 0.385 e. The molecule has 0 saturated carbocycles. The zero-order valence-corrected chi connectivity index (χ0v) is 9.99. The van der Waals surface area contributed by atoms with E-state index in [1.165, 1.54) is 11.1 Å². The van der Waals surface area contributed by atoms with Crippen LogP contribution in [0, 0.1) is 6.92 Å². The molecule has 0 saturated heterocycles. The van der Waals surface area contributed by atoms with E-state index in [0.29, 0.717) is 6.04 Å². The first kappa shape index (κ1) is 11.7. The molecule has 1 heterocycles. The molecule has 1 aromatic heterocycles. The maximum Gasteiger partial charge on any atom is 0.0476 e. The second-order valence-electron chi connectivity index (χ2n) is 3.64. The molecule has 3 heteroatoms. The highest BCUT2D eigenvalue weighted by Gasteiger charge is 2.03. The van der Waals surface area contributed by atoms with Gasteiger partial charge in [0.15, 0.2) is 0 Å². The van der Waals surface area contributed by atoms with Gasteiger partial charge in [0, 0.05) is 26.3 Å². The lowest BCUT2D eigenvalue weighted by Crippen LogP contribution is -2.26. The molecule has 0 bridgehead atoms. The van der Waals surface area contributed by atoms with Crippen LogP contribution in [0.3, 0.4) is 0 Å². The topological polar surface area (TPSA) is 21.3 Å². The summed E-state index contributed by atoms with van der Waals surface area (Å²) in [6, 6.07) is 0.522. The minimum Gasteiger partial charge on any atom is -0.385 e. The molecule has 80 valence electrons. The van der Waals surface area contributed by atoms with Gasteiger partial charge in [-0.15, -0.1) is 0 Å². The fourth-order valence-corrected chi connectivity index (χ4v) is 2.11. The van der Waals surface area contributed by atoms with Crippen LogP contribution in [0.1, 0.15) is 24.5 Å². The van der Waals surface area contributed by atoms with Crippen LogP contribution in [0.15, 0.2) is 10.8 Å². The van der Waals surface area contributed by atoms with Crippen molar-refractivity contribution < 1.29 is 4.74 Å². The van der Waals surface area contributed by atoms with Gasteiger partial charge in [0.25, 0.3) is 0 Å². The van der Waals surface area contributed by atoms with E-state index in [9.17, 15) is 0 Å². The van der Waals surface area contributed by atoms with E-state index >= 15 is 0 Å². The number of methoxy groups -OCH3 is 1. The smallest absolute Gasteiger partial charge is 0.0476 e. The first-order valence-electron chi connectivity index (χ1n) is 4.98. The number of ether oxygens (including phenoxy) is 1. The van der Waals surface area contributed by atoms with Crippen LogP contribution < -0.4 is 5.32 Å². The van der Waals surface area contributed by atoms with Gasteiger partial charge in [-0.2, -0.15) is 11.3 Å². The summed E-state index contributed by atoms with van der Waals surface area (Å²) in [6.45, 7) is 6.16. The first-order chi connectivity index (χ1) is 6.74. The Labute approximate surface area is 90.3 Å². The molecule has 0 radical (unpaired) electrons. The summed E-state index contributed by atoms with van der Waals surface area (Å²) in [5.41, 5.74) is 2.81. The molecule has 0 amide bonds. The van der Waals surface area contributed by atoms with Crippen molar-refractivity contribution in [2.45, 2.75) is 32.9 Å². The second kappa shape index (κ2) is 6.17. The SMILES string of the molecule is COCCC(C)NCc1cscc1C. The molecule has 0 fully saturated rings. The van der Waals surface area contributed by atoms with Crippen molar-refractivity contribution in [3.8, 4) is 0 Å². The number of thiophene rings is 1. The summed E-state index contributed by atoms with van der Waals surface area (Å²) >= 11 is 1.77. The number of hydrogen-bond acceptors (Lipinski definition) is 3. The second-order valence-corrected chi connectivity index (χ2v) is 4.39. The molecule has 0 aliphatic carbocycles. The number of aryl methyl sites for hydroxylation is 1. The molecular weight excluding hydrogens is 194 g/mol. The lowest BCUT2D eigenvalue weighted by Gasteiger charge is -2.12. The van der Waals surface area contributed by atoms with E-state index in [0.717, 1.165) is 19.6 Å². The van der Waals surface area contributed by atoms with Crippen LogP contribution in [0.2, 0.25) is 0 Å². The number of hydrogen-bond donors (Lipinski definition) is 1. The van der Waals surface area contributed by atoms with Gasteiger partial charge >= 0.3 is 0 Å². The third-order valence-electron chi connectivity index (χ3n) is 2.36. The Hall–Kier alpha value is -0.380. The fourth-order valence-electron chi connectivity index (χ4n) is 1.25. The average Bonchev–Trinajstić information content (AvgIpc) is 2.58. The van der Waals surface area contributed by atoms with Gasteiger partial charge in [-0.05, 0) is 42.2 Å². The maximum atomic E-state index is 5.04. The summed E-state index contributed by atoms with van der Waals surface area (Å²) in [5, 5.41) is 7.89. The van der Waals surface area contributed by atoms with E-state index in [1.807, 2.05) is 0 Å². The zero-order valence-electron chi connectivity index (χ0n) is 9.17. The van der Waals surface area contributed by atoms with Crippen molar-refractivity contribution in [1.82, 2.24) is 5.32 Å². The summed E-state index contributed by atoms with van der Waals surface area (Å²) < 4.78 is 5.04. The predicted molar refractivity (Wildman–Crippen MR) is 61.9 cm³/mol. The average molecular weight is 213 g/mol. The Morgan fingerprint density at radius 2 is 2.29 bits per heavy atom. The number of nitrogens with one attached hydrogen (secondary N) is 1. The molecule has 1 aromatic rings. The molecule has 0 aromatic carbocycles. The van der Waals surface area contributed by atoms with Crippen molar-refractivity contribution in [2.75, 3.05) is 13.7 Å². The van der Waals surface area contributed by atoms with Crippen LogP contribution >= 0.6 is 11.3 Å². The van der Waals surface area contributed by atoms with E-state index in [-0.39, 0.29) is 0 Å². The Balaban J connectivity index is 2.23. The van der Waals surface area contributed by atoms with Gasteiger partial charge in [0.2, 0.25) is 0 Å². The van der Waals surface area contributed by atoms with Crippen LogP contribution in [0.25, 0.3) is 0 Å². The maximum absolute atomic E-state index is 5.04. The van der Waals surface area contributed by atoms with Crippen molar-refractivity contribution in [3.05, 3.63) is 21.9 Å². The molecule has 1 atom stereocenters. The van der Waals surface area contributed by atoms with E-state index in [1.54, 1.807) is 18.4 Å². The van der Waals surface area contributed by atoms with E-state index in [2.05, 4.69) is 29.9 Å². The van der Waals surface area contributed by atoms with Gasteiger partial charge in [0.1, 0.15) is 0 Å². The first-order valence-corrected chi connectivity index (χ1v) is 5.92. The monoisotopic (exact) mass is 213 g/mol. The van der Waals surface area contributed by atoms with Crippen LogP contribution in [-0.4, -0.2) is 19.8 Å². The van der Waals surface area contributed by atoms with Crippen molar-refractivity contribution in [1.29, 1.82) is 0 Å². The summed E-state index contributed by atoms with van der Waals surface area (Å²) in [5.74, 6) is 0. The normalized spacial score (nSPS) is 13.1. The van der Waals surface area contributed by atoms with Crippen LogP contribution in [-0.2, 0) is 11.3 Å². The molecule has 14 heavy (non-hydrogen) atoms. The van der Waals surface area contributed by atoms with Crippen molar-refractivity contribution >= 4 is 11.3 Å². The van der Waals surface area contributed by atoms with Gasteiger partial charge in [0.05, 0.1) is 0 Å². The standard InChI is InChI=1S/C11H19NOS/c1-9-7-14-8-11(9)6-12-10(2)4-5-13-3/h7-8,10,12H,4-6H2,1-3H3. The van der Waals surface area contributed by atoms with Gasteiger partial charge in [-0.3, -0.25) is 0 Å². The Kier molecular flexibility index (Phi) is 5.15. The summed E-state index contributed by atoms with van der Waals surface area (Å²) in [6.07, 6.45) is 1.07. The molecule has 0 aliphatic heterocycles. The van der Waals surface area contributed by atoms with E-state index in [4.69, 9.17) is 4.74 Å².